The molecule has 2 heterocycles. The zero-order valence-corrected chi connectivity index (χ0v) is 7.78. The third-order valence-electron chi connectivity index (χ3n) is 2.03. The van der Waals surface area contributed by atoms with E-state index in [0.29, 0.717) is 0 Å². The van der Waals surface area contributed by atoms with E-state index < -0.39 is 0 Å². The Bertz CT molecular complexity index is 468. The number of aromatic nitrogens is 3. The third-order valence-corrected chi connectivity index (χ3v) is 2.03. The Balaban J connectivity index is 2.89. The first-order valence-electron chi connectivity index (χ1n) is 4.17. The lowest BCUT2D eigenvalue weighted by molar-refractivity contribution is 0.886. The summed E-state index contributed by atoms with van der Waals surface area (Å²) in [6, 6.07) is 2.01. The molecule has 0 spiro atoms. The fraction of sp³-hybridized carbons (Fsp3) is 0.200. The van der Waals surface area contributed by atoms with Crippen LogP contribution in [0.25, 0.3) is 11.7 Å². The number of fused-ring (bicyclic) bond motifs is 1. The largest absolute Gasteiger partial charge is 0.233 e. The molecule has 3 nitrogen and oxygen atoms in total. The summed E-state index contributed by atoms with van der Waals surface area (Å²) in [6.07, 6.45) is 3.55. The van der Waals surface area contributed by atoms with Crippen molar-refractivity contribution in [1.82, 2.24) is 14.6 Å². The van der Waals surface area contributed by atoms with E-state index in [2.05, 4.69) is 16.7 Å². The summed E-state index contributed by atoms with van der Waals surface area (Å²) < 4.78 is 1.82. The molecule has 0 bridgehead atoms. The molecule has 0 amide bonds. The minimum absolute atomic E-state index is 0.882. The van der Waals surface area contributed by atoms with Crippen LogP contribution in [-0.2, 0) is 0 Å². The molecular weight excluding hydrogens is 162 g/mol. The zero-order chi connectivity index (χ0) is 9.42. The highest BCUT2D eigenvalue weighted by atomic mass is 15.2. The molecule has 0 aliphatic rings. The zero-order valence-electron chi connectivity index (χ0n) is 7.78. The van der Waals surface area contributed by atoms with Crippen molar-refractivity contribution in [1.29, 1.82) is 0 Å². The van der Waals surface area contributed by atoms with Crippen LogP contribution in [0.4, 0.5) is 0 Å². The van der Waals surface area contributed by atoms with Crippen molar-refractivity contribution < 1.29 is 0 Å². The Kier molecular flexibility index (Phi) is 1.65. The van der Waals surface area contributed by atoms with Gasteiger partial charge in [0.25, 0.3) is 0 Å². The molecule has 3 heteroatoms. The molecule has 0 unspecified atom stereocenters. The van der Waals surface area contributed by atoms with Crippen LogP contribution in [0.1, 0.15) is 17.0 Å². The molecule has 0 aliphatic carbocycles. The lowest BCUT2D eigenvalue weighted by Crippen LogP contribution is -1.97. The molecule has 0 atom stereocenters. The summed E-state index contributed by atoms with van der Waals surface area (Å²) in [5.41, 5.74) is 3.96. The maximum Gasteiger partial charge on any atom is 0.162 e. The lowest BCUT2D eigenvalue weighted by Gasteiger charge is -2.00. The molecule has 0 aromatic carbocycles. The van der Waals surface area contributed by atoms with Crippen LogP contribution in [-0.4, -0.2) is 14.6 Å². The second kappa shape index (κ2) is 2.69. The van der Waals surface area contributed by atoms with E-state index in [1.54, 1.807) is 12.3 Å². The molecule has 13 heavy (non-hydrogen) atoms. The minimum Gasteiger partial charge on any atom is -0.233 e. The van der Waals surface area contributed by atoms with Crippen LogP contribution >= 0.6 is 0 Å². The van der Waals surface area contributed by atoms with Gasteiger partial charge in [0, 0.05) is 17.0 Å². The van der Waals surface area contributed by atoms with Crippen molar-refractivity contribution in [3.63, 3.8) is 0 Å². The Morgan fingerprint density at radius 1 is 1.46 bits per heavy atom. The van der Waals surface area contributed by atoms with E-state index in [9.17, 15) is 0 Å². The number of nitrogens with zero attached hydrogens (tertiary/aromatic N) is 3. The predicted molar refractivity (Wildman–Crippen MR) is 52.6 cm³/mol. The van der Waals surface area contributed by atoms with Gasteiger partial charge in [0.05, 0.1) is 6.20 Å². The highest BCUT2D eigenvalue weighted by Gasteiger charge is 2.04. The molecule has 2 aromatic heterocycles. The van der Waals surface area contributed by atoms with Crippen LogP contribution in [0.15, 0.2) is 18.8 Å². The summed E-state index contributed by atoms with van der Waals surface area (Å²) in [7, 11) is 0. The topological polar surface area (TPSA) is 30.2 Å². The van der Waals surface area contributed by atoms with Gasteiger partial charge in [-0.1, -0.05) is 12.7 Å². The Morgan fingerprint density at radius 2 is 2.23 bits per heavy atom. The Morgan fingerprint density at radius 3 is 2.92 bits per heavy atom. The van der Waals surface area contributed by atoms with Gasteiger partial charge in [0.15, 0.2) is 5.65 Å². The summed E-state index contributed by atoms with van der Waals surface area (Å²) in [5.74, 6) is 0. The van der Waals surface area contributed by atoms with Gasteiger partial charge < -0.3 is 0 Å². The highest BCUT2D eigenvalue weighted by Crippen LogP contribution is 2.12. The standard InChI is InChI=1S/C10H11N3/c1-4-9-6-11-13-8(3)5-7(2)12-10(9)13/h4-6H,1H2,2-3H3. The van der Waals surface area contributed by atoms with Crippen LogP contribution in [0, 0.1) is 13.8 Å². The van der Waals surface area contributed by atoms with Crippen molar-refractivity contribution in [2.24, 2.45) is 0 Å². The minimum atomic E-state index is 0.882. The van der Waals surface area contributed by atoms with E-state index in [4.69, 9.17) is 0 Å². The van der Waals surface area contributed by atoms with Gasteiger partial charge in [0.2, 0.25) is 0 Å². The first-order valence-corrected chi connectivity index (χ1v) is 4.17. The van der Waals surface area contributed by atoms with Gasteiger partial charge in [0.1, 0.15) is 0 Å². The normalized spacial score (nSPS) is 10.6. The molecule has 2 aromatic rings. The van der Waals surface area contributed by atoms with E-state index in [-0.39, 0.29) is 0 Å². The SMILES string of the molecule is C=Cc1cnn2c(C)cc(C)nc12. The summed E-state index contributed by atoms with van der Waals surface area (Å²) >= 11 is 0. The van der Waals surface area contributed by atoms with Gasteiger partial charge in [-0.3, -0.25) is 0 Å². The van der Waals surface area contributed by atoms with Gasteiger partial charge in [-0.05, 0) is 19.9 Å². The van der Waals surface area contributed by atoms with E-state index >= 15 is 0 Å². The molecular formula is C10H11N3. The number of hydrogen-bond donors (Lipinski definition) is 0. The highest BCUT2D eigenvalue weighted by molar-refractivity contribution is 5.63. The van der Waals surface area contributed by atoms with E-state index in [1.165, 1.54) is 0 Å². The third kappa shape index (κ3) is 1.13. The fourth-order valence-electron chi connectivity index (χ4n) is 1.43. The van der Waals surface area contributed by atoms with Gasteiger partial charge in [-0.2, -0.15) is 5.10 Å². The van der Waals surface area contributed by atoms with Crippen LogP contribution in [0.5, 0.6) is 0 Å². The molecule has 0 saturated heterocycles. The first-order chi connectivity index (χ1) is 6.22. The summed E-state index contributed by atoms with van der Waals surface area (Å²) in [5, 5.41) is 4.21. The average Bonchev–Trinajstić information content (AvgIpc) is 2.47. The van der Waals surface area contributed by atoms with Crippen molar-refractivity contribution in [2.45, 2.75) is 13.8 Å². The average molecular weight is 173 g/mol. The number of rotatable bonds is 1. The van der Waals surface area contributed by atoms with Gasteiger partial charge >= 0.3 is 0 Å². The van der Waals surface area contributed by atoms with Crippen LogP contribution in [0.2, 0.25) is 0 Å². The summed E-state index contributed by atoms with van der Waals surface area (Å²) in [6.45, 7) is 7.71. The van der Waals surface area contributed by atoms with Crippen LogP contribution in [0.3, 0.4) is 0 Å². The Labute approximate surface area is 76.7 Å². The molecule has 0 saturated carbocycles. The van der Waals surface area contributed by atoms with Gasteiger partial charge in [-0.25, -0.2) is 9.50 Å². The molecule has 0 fully saturated rings. The number of aryl methyl sites for hydroxylation is 2. The second-order valence-electron chi connectivity index (χ2n) is 3.08. The smallest absolute Gasteiger partial charge is 0.162 e. The maximum atomic E-state index is 4.40. The number of hydrogen-bond acceptors (Lipinski definition) is 2. The lowest BCUT2D eigenvalue weighted by atomic mass is 10.3. The first kappa shape index (κ1) is 7.98. The van der Waals surface area contributed by atoms with Crippen molar-refractivity contribution >= 4 is 11.7 Å². The maximum absolute atomic E-state index is 4.40. The molecule has 66 valence electrons. The van der Waals surface area contributed by atoms with Crippen molar-refractivity contribution in [2.75, 3.05) is 0 Å². The van der Waals surface area contributed by atoms with E-state index in [1.807, 2.05) is 24.4 Å². The van der Waals surface area contributed by atoms with Crippen molar-refractivity contribution in [3.8, 4) is 0 Å². The molecule has 0 radical (unpaired) electrons. The van der Waals surface area contributed by atoms with Crippen molar-refractivity contribution in [3.05, 3.63) is 35.8 Å². The summed E-state index contributed by atoms with van der Waals surface area (Å²) in [4.78, 5) is 4.40. The second-order valence-corrected chi connectivity index (χ2v) is 3.08. The molecule has 0 aliphatic heterocycles. The predicted octanol–water partition coefficient (Wildman–Crippen LogP) is 1.99. The quantitative estimate of drug-likeness (QED) is 0.660. The van der Waals surface area contributed by atoms with Crippen LogP contribution < -0.4 is 0 Å². The Hall–Kier alpha value is -1.64. The van der Waals surface area contributed by atoms with Gasteiger partial charge in [-0.15, -0.1) is 0 Å². The van der Waals surface area contributed by atoms with E-state index in [0.717, 1.165) is 22.6 Å². The molecule has 2 rings (SSSR count). The monoisotopic (exact) mass is 173 g/mol. The molecule has 0 N–H and O–H groups in total. The fourth-order valence-corrected chi connectivity index (χ4v) is 1.43.